The molecule has 26 heavy (non-hydrogen) atoms. The molecule has 0 spiro atoms. The lowest BCUT2D eigenvalue weighted by atomic mass is 10.2. The lowest BCUT2D eigenvalue weighted by Gasteiger charge is -2.02. The largest absolute Gasteiger partial charge is 0.497 e. The number of hydrogen-bond donors (Lipinski definition) is 0. The molecule has 0 aliphatic carbocycles. The van der Waals surface area contributed by atoms with Gasteiger partial charge in [0.15, 0.2) is 5.82 Å². The van der Waals surface area contributed by atoms with Crippen molar-refractivity contribution >= 4 is 11.8 Å². The van der Waals surface area contributed by atoms with Gasteiger partial charge in [0.2, 0.25) is 5.89 Å². The van der Waals surface area contributed by atoms with Crippen molar-refractivity contribution < 1.29 is 9.15 Å². The maximum Gasteiger partial charge on any atom is 0.277 e. The molecule has 0 radical (unpaired) electrons. The first-order valence-corrected chi connectivity index (χ1v) is 8.75. The van der Waals surface area contributed by atoms with Crippen molar-refractivity contribution in [3.63, 3.8) is 0 Å². The zero-order valence-electron chi connectivity index (χ0n) is 13.8. The second-order valence-electron chi connectivity index (χ2n) is 5.23. The number of nitrogens with zero attached hydrogens (tertiary/aromatic N) is 6. The van der Waals surface area contributed by atoms with E-state index in [1.165, 1.54) is 11.8 Å². The zero-order chi connectivity index (χ0) is 17.8. The van der Waals surface area contributed by atoms with Crippen LogP contribution in [0.4, 0.5) is 0 Å². The van der Waals surface area contributed by atoms with Crippen LogP contribution in [-0.2, 0) is 5.75 Å². The highest BCUT2D eigenvalue weighted by Crippen LogP contribution is 2.26. The van der Waals surface area contributed by atoms with E-state index in [1.807, 2.05) is 54.6 Å². The fourth-order valence-corrected chi connectivity index (χ4v) is 2.98. The molecule has 0 N–H and O–H groups in total. The van der Waals surface area contributed by atoms with Crippen LogP contribution in [0, 0.1) is 0 Å². The predicted molar refractivity (Wildman–Crippen MR) is 95.0 cm³/mol. The summed E-state index contributed by atoms with van der Waals surface area (Å²) in [6.45, 7) is 0. The molecule has 0 unspecified atom stereocenters. The van der Waals surface area contributed by atoms with Gasteiger partial charge in [-0.1, -0.05) is 30.0 Å². The number of hydrogen-bond acceptors (Lipinski definition) is 8. The second-order valence-corrected chi connectivity index (χ2v) is 6.16. The van der Waals surface area contributed by atoms with Crippen molar-refractivity contribution in [2.24, 2.45) is 0 Å². The topological polar surface area (TPSA) is 91.8 Å². The summed E-state index contributed by atoms with van der Waals surface area (Å²) in [5, 5.41) is 20.5. The van der Waals surface area contributed by atoms with Crippen molar-refractivity contribution in [3.05, 3.63) is 60.4 Å². The Morgan fingerprint density at radius 3 is 2.58 bits per heavy atom. The van der Waals surface area contributed by atoms with Crippen LogP contribution in [0.5, 0.6) is 5.75 Å². The molecule has 0 saturated carbocycles. The lowest BCUT2D eigenvalue weighted by Crippen LogP contribution is -2.01. The Morgan fingerprint density at radius 1 is 1.00 bits per heavy atom. The fraction of sp³-hybridized carbons (Fsp3) is 0.118. The van der Waals surface area contributed by atoms with E-state index in [1.54, 1.807) is 11.8 Å². The number of aromatic nitrogens is 6. The number of tetrazole rings is 1. The molecule has 2 aromatic carbocycles. The van der Waals surface area contributed by atoms with E-state index in [4.69, 9.17) is 9.15 Å². The molecule has 4 aromatic rings. The molecule has 9 heteroatoms. The van der Waals surface area contributed by atoms with Crippen molar-refractivity contribution in [3.8, 4) is 22.9 Å². The SMILES string of the molecule is COc1ccc(-c2nnc(SCc3nnnn3-c3ccccc3)o2)cc1. The molecule has 130 valence electrons. The molecule has 0 aliphatic rings. The molecule has 2 aromatic heterocycles. The quantitative estimate of drug-likeness (QED) is 0.481. The van der Waals surface area contributed by atoms with Crippen molar-refractivity contribution in [2.75, 3.05) is 7.11 Å². The normalized spacial score (nSPS) is 10.8. The van der Waals surface area contributed by atoms with E-state index in [0.717, 1.165) is 17.0 Å². The average molecular weight is 366 g/mol. The second kappa shape index (κ2) is 7.36. The molecule has 4 rings (SSSR count). The van der Waals surface area contributed by atoms with E-state index in [2.05, 4.69) is 25.7 Å². The van der Waals surface area contributed by atoms with Crippen LogP contribution in [0.3, 0.4) is 0 Å². The molecule has 0 aliphatic heterocycles. The van der Waals surface area contributed by atoms with E-state index in [-0.39, 0.29) is 0 Å². The first-order valence-electron chi connectivity index (χ1n) is 7.77. The lowest BCUT2D eigenvalue weighted by molar-refractivity contribution is 0.414. The number of benzene rings is 2. The van der Waals surface area contributed by atoms with Crippen LogP contribution >= 0.6 is 11.8 Å². The maximum absolute atomic E-state index is 5.71. The van der Waals surface area contributed by atoms with Gasteiger partial charge in [0, 0.05) is 5.56 Å². The van der Waals surface area contributed by atoms with Crippen LogP contribution in [0.15, 0.2) is 64.2 Å². The van der Waals surface area contributed by atoms with Gasteiger partial charge in [-0.05, 0) is 46.8 Å². The van der Waals surface area contributed by atoms with Crippen molar-refractivity contribution in [1.29, 1.82) is 0 Å². The Kier molecular flexibility index (Phi) is 4.61. The van der Waals surface area contributed by atoms with Gasteiger partial charge in [-0.25, -0.2) is 0 Å². The summed E-state index contributed by atoms with van der Waals surface area (Å²) < 4.78 is 12.5. The van der Waals surface area contributed by atoms with Gasteiger partial charge >= 0.3 is 0 Å². The molecule has 0 atom stereocenters. The average Bonchev–Trinajstić information content (AvgIpc) is 3.36. The third kappa shape index (κ3) is 3.42. The van der Waals surface area contributed by atoms with Gasteiger partial charge in [-0.15, -0.1) is 15.3 Å². The van der Waals surface area contributed by atoms with E-state index >= 15 is 0 Å². The Morgan fingerprint density at radius 2 is 1.81 bits per heavy atom. The molecule has 2 heterocycles. The minimum Gasteiger partial charge on any atom is -0.497 e. The van der Waals surface area contributed by atoms with Gasteiger partial charge in [0.25, 0.3) is 5.22 Å². The Balaban J connectivity index is 1.46. The van der Waals surface area contributed by atoms with Gasteiger partial charge in [-0.3, -0.25) is 0 Å². The zero-order valence-corrected chi connectivity index (χ0v) is 14.6. The minimum absolute atomic E-state index is 0.456. The minimum atomic E-state index is 0.456. The summed E-state index contributed by atoms with van der Waals surface area (Å²) in [5.41, 5.74) is 1.73. The molecule has 0 fully saturated rings. The number of methoxy groups -OCH3 is 1. The van der Waals surface area contributed by atoms with E-state index < -0.39 is 0 Å². The monoisotopic (exact) mass is 366 g/mol. The van der Waals surface area contributed by atoms with Crippen LogP contribution in [0.1, 0.15) is 5.82 Å². The first-order chi connectivity index (χ1) is 12.8. The number of thioether (sulfide) groups is 1. The van der Waals surface area contributed by atoms with Gasteiger partial charge in [0.1, 0.15) is 5.75 Å². The fourth-order valence-electron chi connectivity index (χ4n) is 2.31. The van der Waals surface area contributed by atoms with Crippen LogP contribution in [0.2, 0.25) is 0 Å². The van der Waals surface area contributed by atoms with Crippen molar-refractivity contribution in [2.45, 2.75) is 11.0 Å². The highest BCUT2D eigenvalue weighted by Gasteiger charge is 2.13. The van der Waals surface area contributed by atoms with Gasteiger partial charge in [0.05, 0.1) is 18.6 Å². The predicted octanol–water partition coefficient (Wildman–Crippen LogP) is 3.01. The van der Waals surface area contributed by atoms with Crippen LogP contribution in [0.25, 0.3) is 17.1 Å². The summed E-state index contributed by atoms with van der Waals surface area (Å²) >= 11 is 1.38. The molecule has 8 nitrogen and oxygen atoms in total. The summed E-state index contributed by atoms with van der Waals surface area (Å²) in [6.07, 6.45) is 0. The number of ether oxygens (including phenoxy) is 1. The van der Waals surface area contributed by atoms with Crippen LogP contribution < -0.4 is 4.74 Å². The Bertz CT molecular complexity index is 984. The molecule has 0 bridgehead atoms. The smallest absolute Gasteiger partial charge is 0.277 e. The first kappa shape index (κ1) is 16.3. The van der Waals surface area contributed by atoms with Gasteiger partial charge in [-0.2, -0.15) is 4.68 Å². The number of para-hydroxylation sites is 1. The highest BCUT2D eigenvalue weighted by molar-refractivity contribution is 7.98. The Labute approximate surface area is 153 Å². The van der Waals surface area contributed by atoms with Gasteiger partial charge < -0.3 is 9.15 Å². The third-order valence-corrected chi connectivity index (χ3v) is 4.42. The molecule has 0 saturated heterocycles. The summed E-state index contributed by atoms with van der Waals surface area (Å²) in [6, 6.07) is 17.1. The van der Waals surface area contributed by atoms with Crippen LogP contribution in [-0.4, -0.2) is 37.5 Å². The maximum atomic E-state index is 5.71. The molecular weight excluding hydrogens is 352 g/mol. The highest BCUT2D eigenvalue weighted by atomic mass is 32.2. The van der Waals surface area contributed by atoms with E-state index in [0.29, 0.717) is 22.7 Å². The third-order valence-electron chi connectivity index (χ3n) is 3.60. The number of rotatable bonds is 6. The molecule has 0 amide bonds. The summed E-state index contributed by atoms with van der Waals surface area (Å²) in [7, 11) is 1.62. The van der Waals surface area contributed by atoms with Crippen molar-refractivity contribution in [1.82, 2.24) is 30.4 Å². The summed E-state index contributed by atoms with van der Waals surface area (Å²) in [4.78, 5) is 0. The summed E-state index contributed by atoms with van der Waals surface area (Å²) in [5.74, 6) is 2.44. The standard InChI is InChI=1S/C17H14N6O2S/c1-24-14-9-7-12(8-10-14)16-19-20-17(25-16)26-11-15-18-21-22-23(15)13-5-3-2-4-6-13/h2-10H,11H2,1H3. The Hall–Kier alpha value is -3.20. The molecular formula is C17H14N6O2S. The van der Waals surface area contributed by atoms with E-state index in [9.17, 15) is 0 Å².